The van der Waals surface area contributed by atoms with Crippen LogP contribution in [-0.2, 0) is 12.8 Å². The third-order valence-electron chi connectivity index (χ3n) is 5.56. The average Bonchev–Trinajstić information content (AvgIpc) is 3.31. The Hall–Kier alpha value is -3.87. The third kappa shape index (κ3) is 3.94. The number of anilines is 2. The topological polar surface area (TPSA) is 108 Å². The highest BCUT2D eigenvalue weighted by Crippen LogP contribution is 2.21. The molecule has 0 aliphatic rings. The maximum absolute atomic E-state index is 6.23. The van der Waals surface area contributed by atoms with Crippen LogP contribution in [0.25, 0.3) is 21.9 Å². The Morgan fingerprint density at radius 3 is 2.74 bits per heavy atom. The lowest BCUT2D eigenvalue weighted by molar-refractivity contribution is 0.982. The fraction of sp³-hybridized carbons (Fsp3) is 0.208. The molecule has 0 unspecified atom stereocenters. The van der Waals surface area contributed by atoms with Crippen molar-refractivity contribution in [2.45, 2.75) is 26.7 Å². The first kappa shape index (κ1) is 19.1. The number of nitrogens with two attached hydrogens (primary N) is 1. The van der Waals surface area contributed by atoms with Gasteiger partial charge in [0, 0.05) is 41.8 Å². The number of nitrogens with one attached hydrogen (secondary N) is 3. The highest BCUT2D eigenvalue weighted by molar-refractivity contribution is 5.84. The van der Waals surface area contributed by atoms with Crippen molar-refractivity contribution in [3.63, 3.8) is 0 Å². The molecular weight excluding hydrogens is 386 g/mol. The zero-order valence-electron chi connectivity index (χ0n) is 17.7. The molecule has 0 aliphatic carbocycles. The van der Waals surface area contributed by atoms with E-state index >= 15 is 0 Å². The van der Waals surface area contributed by atoms with E-state index in [0.717, 1.165) is 46.5 Å². The average molecular weight is 412 g/mol. The zero-order valence-corrected chi connectivity index (χ0v) is 17.7. The second-order valence-electron chi connectivity index (χ2n) is 7.99. The zero-order chi connectivity index (χ0) is 21.4. The summed E-state index contributed by atoms with van der Waals surface area (Å²) in [5.74, 6) is 1.96. The van der Waals surface area contributed by atoms with Crippen molar-refractivity contribution in [1.82, 2.24) is 24.9 Å². The molecule has 0 saturated carbocycles. The number of aromatic nitrogens is 5. The Kier molecular flexibility index (Phi) is 4.78. The smallest absolute Gasteiger partial charge is 0.224 e. The summed E-state index contributed by atoms with van der Waals surface area (Å²) in [6, 6.07) is 12.7. The predicted molar refractivity (Wildman–Crippen MR) is 125 cm³/mol. The van der Waals surface area contributed by atoms with Crippen molar-refractivity contribution < 1.29 is 0 Å². The minimum Gasteiger partial charge on any atom is -0.383 e. The molecule has 5 aromatic rings. The lowest BCUT2D eigenvalue weighted by Crippen LogP contribution is -2.10. The monoisotopic (exact) mass is 411 g/mol. The van der Waals surface area contributed by atoms with Gasteiger partial charge in [-0.2, -0.15) is 4.98 Å². The fourth-order valence-electron chi connectivity index (χ4n) is 3.96. The molecule has 0 fully saturated rings. The number of nitrogen functional groups attached to an aromatic ring is 1. The summed E-state index contributed by atoms with van der Waals surface area (Å²) in [4.78, 5) is 20.0. The molecule has 0 spiro atoms. The Morgan fingerprint density at radius 2 is 1.87 bits per heavy atom. The van der Waals surface area contributed by atoms with Crippen LogP contribution in [-0.4, -0.2) is 31.5 Å². The summed E-state index contributed by atoms with van der Waals surface area (Å²) in [7, 11) is 0. The van der Waals surface area contributed by atoms with Crippen molar-refractivity contribution >= 4 is 33.7 Å². The summed E-state index contributed by atoms with van der Waals surface area (Å²) in [5.41, 5.74) is 14.0. The van der Waals surface area contributed by atoms with Crippen LogP contribution in [0.1, 0.15) is 28.1 Å². The first-order valence-electron chi connectivity index (χ1n) is 10.4. The summed E-state index contributed by atoms with van der Waals surface area (Å²) in [6.07, 6.45) is 5.42. The van der Waals surface area contributed by atoms with Crippen molar-refractivity contribution in [1.29, 1.82) is 0 Å². The molecule has 0 atom stereocenters. The molecule has 5 rings (SSSR count). The van der Waals surface area contributed by atoms with Crippen LogP contribution >= 0.6 is 0 Å². The molecule has 0 radical (unpaired) electrons. The van der Waals surface area contributed by atoms with Gasteiger partial charge >= 0.3 is 0 Å². The molecule has 31 heavy (non-hydrogen) atoms. The lowest BCUT2D eigenvalue weighted by atomic mass is 10.1. The van der Waals surface area contributed by atoms with Crippen LogP contribution in [0.15, 0.2) is 48.8 Å². The number of hydrogen-bond donors (Lipinski definition) is 4. The van der Waals surface area contributed by atoms with E-state index in [2.05, 4.69) is 73.7 Å². The van der Waals surface area contributed by atoms with Gasteiger partial charge in [0.25, 0.3) is 0 Å². The number of nitrogens with zero attached hydrogens (tertiary/aromatic N) is 3. The van der Waals surface area contributed by atoms with E-state index in [0.29, 0.717) is 18.2 Å². The largest absolute Gasteiger partial charge is 0.383 e. The number of hydrogen-bond acceptors (Lipinski definition) is 5. The van der Waals surface area contributed by atoms with Crippen LogP contribution in [0.2, 0.25) is 0 Å². The molecule has 3 heterocycles. The van der Waals surface area contributed by atoms with Gasteiger partial charge in [-0.05, 0) is 55.7 Å². The predicted octanol–water partition coefficient (Wildman–Crippen LogP) is 4.28. The normalized spacial score (nSPS) is 11.4. The van der Waals surface area contributed by atoms with Gasteiger partial charge in [-0.15, -0.1) is 0 Å². The number of aryl methyl sites for hydroxylation is 2. The standard InChI is InChI=1S/C24H25N7/c1-14-3-5-20-19(9-14)17(12-27-20)7-8-26-24-28-13-18(23(25)31-24)10-16-4-6-21-22(11-16)30-15(2)29-21/h3-6,9,11-13,27H,7-8,10H2,1-2H3,(H,29,30)(H3,25,26,28,31). The Morgan fingerprint density at radius 1 is 1.00 bits per heavy atom. The molecule has 156 valence electrons. The lowest BCUT2D eigenvalue weighted by Gasteiger charge is -2.09. The van der Waals surface area contributed by atoms with Gasteiger partial charge in [-0.25, -0.2) is 9.97 Å². The minimum atomic E-state index is 0.499. The maximum atomic E-state index is 6.23. The van der Waals surface area contributed by atoms with Gasteiger partial charge in [0.1, 0.15) is 11.6 Å². The molecule has 0 saturated heterocycles. The van der Waals surface area contributed by atoms with Crippen LogP contribution in [0.5, 0.6) is 0 Å². The second-order valence-corrected chi connectivity index (χ2v) is 7.99. The third-order valence-corrected chi connectivity index (χ3v) is 5.56. The van der Waals surface area contributed by atoms with E-state index in [1.165, 1.54) is 16.5 Å². The molecule has 2 aromatic carbocycles. The van der Waals surface area contributed by atoms with E-state index in [-0.39, 0.29) is 0 Å². The Labute approximate surface area is 180 Å². The molecule has 0 bridgehead atoms. The molecule has 3 aromatic heterocycles. The van der Waals surface area contributed by atoms with E-state index < -0.39 is 0 Å². The maximum Gasteiger partial charge on any atom is 0.224 e. The summed E-state index contributed by atoms with van der Waals surface area (Å²) in [5, 5.41) is 4.56. The molecular formula is C24H25N7. The first-order chi connectivity index (χ1) is 15.0. The number of rotatable bonds is 6. The number of fused-ring (bicyclic) bond motifs is 2. The van der Waals surface area contributed by atoms with Crippen molar-refractivity contribution in [2.24, 2.45) is 0 Å². The van der Waals surface area contributed by atoms with Gasteiger partial charge in [0.15, 0.2) is 0 Å². The summed E-state index contributed by atoms with van der Waals surface area (Å²) in [6.45, 7) is 4.80. The van der Waals surface area contributed by atoms with Crippen LogP contribution in [0.4, 0.5) is 11.8 Å². The molecule has 0 amide bonds. The van der Waals surface area contributed by atoms with Crippen LogP contribution < -0.4 is 11.1 Å². The minimum absolute atomic E-state index is 0.499. The van der Waals surface area contributed by atoms with Gasteiger partial charge < -0.3 is 21.0 Å². The van der Waals surface area contributed by atoms with Gasteiger partial charge in [-0.3, -0.25) is 0 Å². The van der Waals surface area contributed by atoms with Crippen molar-refractivity contribution in [3.8, 4) is 0 Å². The quantitative estimate of drug-likeness (QED) is 0.333. The summed E-state index contributed by atoms with van der Waals surface area (Å²) >= 11 is 0. The molecule has 7 nitrogen and oxygen atoms in total. The van der Waals surface area contributed by atoms with Crippen LogP contribution in [0, 0.1) is 13.8 Å². The van der Waals surface area contributed by atoms with E-state index in [4.69, 9.17) is 5.73 Å². The van der Waals surface area contributed by atoms with Crippen LogP contribution in [0.3, 0.4) is 0 Å². The highest BCUT2D eigenvalue weighted by Gasteiger charge is 2.08. The van der Waals surface area contributed by atoms with Gasteiger partial charge in [0.05, 0.1) is 11.0 Å². The molecule has 5 N–H and O–H groups in total. The fourth-order valence-corrected chi connectivity index (χ4v) is 3.96. The SMILES string of the molecule is Cc1ccc2[nH]cc(CCNc3ncc(Cc4ccc5[nH]c(C)nc5c4)c(N)n3)c2c1. The van der Waals surface area contributed by atoms with Gasteiger partial charge in [-0.1, -0.05) is 17.7 Å². The molecule has 7 heteroatoms. The second kappa shape index (κ2) is 7.75. The van der Waals surface area contributed by atoms with E-state index in [1.807, 2.05) is 13.0 Å². The Bertz CT molecular complexity index is 1380. The molecule has 0 aliphatic heterocycles. The van der Waals surface area contributed by atoms with Crippen molar-refractivity contribution in [2.75, 3.05) is 17.6 Å². The van der Waals surface area contributed by atoms with E-state index in [9.17, 15) is 0 Å². The van der Waals surface area contributed by atoms with Crippen molar-refractivity contribution in [3.05, 3.63) is 76.9 Å². The number of aromatic amines is 2. The highest BCUT2D eigenvalue weighted by atomic mass is 15.1. The summed E-state index contributed by atoms with van der Waals surface area (Å²) < 4.78 is 0. The Balaban J connectivity index is 1.24. The number of imidazole rings is 1. The first-order valence-corrected chi connectivity index (χ1v) is 10.4. The number of benzene rings is 2. The number of H-pyrrole nitrogens is 2. The van der Waals surface area contributed by atoms with E-state index in [1.54, 1.807) is 6.20 Å². The van der Waals surface area contributed by atoms with Gasteiger partial charge in [0.2, 0.25) is 5.95 Å².